The monoisotopic (exact) mass is 333 g/mol. The number of nitrogens with one attached hydrogen (secondary N) is 2. The van der Waals surface area contributed by atoms with Crippen molar-refractivity contribution in [3.63, 3.8) is 0 Å². The fourth-order valence-electron chi connectivity index (χ4n) is 2.59. The summed E-state index contributed by atoms with van der Waals surface area (Å²) >= 11 is 0.743. The predicted molar refractivity (Wildman–Crippen MR) is 84.3 cm³/mol. The summed E-state index contributed by atoms with van der Waals surface area (Å²) in [4.78, 5) is 15.8. The molecule has 0 bridgehead atoms. The molecule has 1 aromatic rings. The van der Waals surface area contributed by atoms with Crippen LogP contribution < -0.4 is 9.60 Å². The minimum atomic E-state index is -3.60. The Bertz CT molecular complexity index is 647. The smallest absolute Gasteiger partial charge is 0.305 e. The molecule has 1 saturated heterocycles. The molecule has 1 fully saturated rings. The Morgan fingerprint density at radius 3 is 2.29 bits per heavy atom. The third-order valence-electron chi connectivity index (χ3n) is 3.79. The zero-order valence-electron chi connectivity index (χ0n) is 12.9. The largest absolute Gasteiger partial charge is 0.315 e. The Hall–Kier alpha value is -0.700. The fourth-order valence-corrected chi connectivity index (χ4v) is 5.21. The molecule has 0 amide bonds. The first-order chi connectivity index (χ1) is 9.59. The van der Waals surface area contributed by atoms with Gasteiger partial charge in [0.15, 0.2) is 4.21 Å². The minimum Gasteiger partial charge on any atom is -0.315 e. The van der Waals surface area contributed by atoms with E-state index >= 15 is 0 Å². The molecule has 6 nitrogen and oxygen atoms in total. The second-order valence-electron chi connectivity index (χ2n) is 6.48. The number of piperidine rings is 1. The first kappa shape index (κ1) is 16.7. The van der Waals surface area contributed by atoms with Crippen LogP contribution >= 0.6 is 11.3 Å². The summed E-state index contributed by atoms with van der Waals surface area (Å²) < 4.78 is 27.5. The highest BCUT2D eigenvalue weighted by atomic mass is 32.2. The predicted octanol–water partition coefficient (Wildman–Crippen LogP) is 1.29. The van der Waals surface area contributed by atoms with Crippen molar-refractivity contribution in [2.24, 2.45) is 0 Å². The first-order valence-electron chi connectivity index (χ1n) is 7.07. The number of sulfonamides is 1. The van der Waals surface area contributed by atoms with Crippen molar-refractivity contribution < 1.29 is 8.42 Å². The minimum absolute atomic E-state index is 0.0646. The lowest BCUT2D eigenvalue weighted by Crippen LogP contribution is -2.50. The van der Waals surface area contributed by atoms with Crippen molar-refractivity contribution >= 4 is 21.4 Å². The number of likely N-dealkylation sites (tertiary alicyclic amines) is 1. The van der Waals surface area contributed by atoms with Crippen LogP contribution in [0.3, 0.4) is 0 Å². The molecule has 0 radical (unpaired) electrons. The van der Waals surface area contributed by atoms with E-state index in [0.29, 0.717) is 5.69 Å². The van der Waals surface area contributed by atoms with Gasteiger partial charge in [-0.2, -0.15) is 0 Å². The number of rotatable bonds is 3. The fraction of sp³-hybridized carbons (Fsp3) is 0.769. The van der Waals surface area contributed by atoms with Crippen LogP contribution in [-0.2, 0) is 10.0 Å². The lowest BCUT2D eigenvalue weighted by Gasteiger charge is -2.40. The summed E-state index contributed by atoms with van der Waals surface area (Å²) in [5, 5.41) is 0. The van der Waals surface area contributed by atoms with Crippen molar-refractivity contribution in [3.05, 3.63) is 15.4 Å². The van der Waals surface area contributed by atoms with Crippen LogP contribution in [0.2, 0.25) is 0 Å². The van der Waals surface area contributed by atoms with Crippen molar-refractivity contribution in [3.8, 4) is 0 Å². The summed E-state index contributed by atoms with van der Waals surface area (Å²) in [6.45, 7) is 9.85. The van der Waals surface area contributed by atoms with Gasteiger partial charge < -0.3 is 4.98 Å². The SMILES string of the molecule is Cc1[nH]c(=O)sc1S(=O)(=O)NC1CCN(C(C)(C)C)CC1. The maximum atomic E-state index is 12.3. The molecule has 21 heavy (non-hydrogen) atoms. The van der Waals surface area contributed by atoms with E-state index in [9.17, 15) is 13.2 Å². The highest BCUT2D eigenvalue weighted by molar-refractivity contribution is 7.91. The molecule has 0 saturated carbocycles. The second kappa shape index (κ2) is 5.83. The van der Waals surface area contributed by atoms with Gasteiger partial charge in [-0.3, -0.25) is 9.69 Å². The van der Waals surface area contributed by atoms with E-state index in [1.807, 2.05) is 0 Å². The average Bonchev–Trinajstić information content (AvgIpc) is 2.68. The number of hydrogen-bond donors (Lipinski definition) is 2. The highest BCUT2D eigenvalue weighted by Gasteiger charge is 2.30. The zero-order valence-corrected chi connectivity index (χ0v) is 14.5. The molecule has 2 heterocycles. The zero-order chi connectivity index (χ0) is 15.8. The molecule has 0 aliphatic carbocycles. The van der Waals surface area contributed by atoms with Crippen LogP contribution in [0, 0.1) is 6.92 Å². The van der Waals surface area contributed by atoms with Crippen LogP contribution in [0.5, 0.6) is 0 Å². The third-order valence-corrected chi connectivity index (χ3v) is 6.92. The molecule has 1 aromatic heterocycles. The van der Waals surface area contributed by atoms with Crippen LogP contribution in [0.1, 0.15) is 39.3 Å². The van der Waals surface area contributed by atoms with Gasteiger partial charge in [0.25, 0.3) is 10.0 Å². The topological polar surface area (TPSA) is 82.3 Å². The van der Waals surface area contributed by atoms with Gasteiger partial charge in [0.2, 0.25) is 0 Å². The molecule has 2 N–H and O–H groups in total. The molecule has 0 unspecified atom stereocenters. The molecule has 1 aliphatic heterocycles. The summed E-state index contributed by atoms with van der Waals surface area (Å²) in [5.41, 5.74) is 0.519. The van der Waals surface area contributed by atoms with Crippen molar-refractivity contribution in [2.45, 2.75) is 56.3 Å². The van der Waals surface area contributed by atoms with Crippen LogP contribution in [0.25, 0.3) is 0 Å². The number of aromatic amines is 1. The Balaban J connectivity index is 2.03. The quantitative estimate of drug-likeness (QED) is 0.873. The Labute approximate surface area is 129 Å². The molecule has 0 aromatic carbocycles. The maximum Gasteiger partial charge on any atom is 0.305 e. The normalized spacial score (nSPS) is 19.0. The lowest BCUT2D eigenvalue weighted by molar-refractivity contribution is 0.100. The van der Waals surface area contributed by atoms with Gasteiger partial charge in [0.05, 0.1) is 0 Å². The number of aryl methyl sites for hydroxylation is 1. The van der Waals surface area contributed by atoms with E-state index in [0.717, 1.165) is 37.3 Å². The van der Waals surface area contributed by atoms with Crippen molar-refractivity contribution in [1.82, 2.24) is 14.6 Å². The van der Waals surface area contributed by atoms with Crippen molar-refractivity contribution in [1.29, 1.82) is 0 Å². The van der Waals surface area contributed by atoms with Gasteiger partial charge in [-0.05, 0) is 40.5 Å². The van der Waals surface area contributed by atoms with Crippen LogP contribution in [0.15, 0.2) is 9.00 Å². The summed E-state index contributed by atoms with van der Waals surface area (Å²) in [5.74, 6) is 0. The highest BCUT2D eigenvalue weighted by Crippen LogP contribution is 2.22. The lowest BCUT2D eigenvalue weighted by atomic mass is 9.99. The Morgan fingerprint density at radius 2 is 1.86 bits per heavy atom. The molecule has 1 aliphatic rings. The summed E-state index contributed by atoms with van der Waals surface area (Å²) in [6.07, 6.45) is 1.57. The second-order valence-corrected chi connectivity index (χ2v) is 9.37. The van der Waals surface area contributed by atoms with Gasteiger partial charge in [-0.15, -0.1) is 0 Å². The molecule has 8 heteroatoms. The van der Waals surface area contributed by atoms with Gasteiger partial charge in [0.1, 0.15) is 0 Å². The van der Waals surface area contributed by atoms with Crippen LogP contribution in [0.4, 0.5) is 0 Å². The van der Waals surface area contributed by atoms with E-state index in [1.54, 1.807) is 6.92 Å². The number of nitrogens with zero attached hydrogens (tertiary/aromatic N) is 1. The number of aromatic nitrogens is 1. The van der Waals surface area contributed by atoms with E-state index in [1.165, 1.54) is 0 Å². The summed E-state index contributed by atoms with van der Waals surface area (Å²) in [7, 11) is -3.60. The molecular formula is C13H23N3O3S2. The van der Waals surface area contributed by atoms with Gasteiger partial charge in [-0.1, -0.05) is 11.3 Å². The van der Waals surface area contributed by atoms with Crippen molar-refractivity contribution in [2.75, 3.05) is 13.1 Å². The third kappa shape index (κ3) is 3.94. The molecular weight excluding hydrogens is 310 g/mol. The maximum absolute atomic E-state index is 12.3. The molecule has 0 spiro atoms. The van der Waals surface area contributed by atoms with Gasteiger partial charge in [0, 0.05) is 30.4 Å². The van der Waals surface area contributed by atoms with E-state index in [-0.39, 0.29) is 20.7 Å². The molecule has 2 rings (SSSR count). The Kier molecular flexibility index (Phi) is 4.63. The number of H-pyrrole nitrogens is 1. The van der Waals surface area contributed by atoms with Gasteiger partial charge in [-0.25, -0.2) is 13.1 Å². The Morgan fingerprint density at radius 1 is 1.29 bits per heavy atom. The molecule has 120 valence electrons. The number of hydrogen-bond acceptors (Lipinski definition) is 5. The number of thiazole rings is 1. The van der Waals surface area contributed by atoms with E-state index in [2.05, 4.69) is 35.4 Å². The van der Waals surface area contributed by atoms with Crippen LogP contribution in [-0.4, -0.2) is 43.0 Å². The average molecular weight is 333 g/mol. The summed E-state index contributed by atoms with van der Waals surface area (Å²) in [6, 6.07) is -0.0646. The standard InChI is InChI=1S/C13H23N3O3S2/c1-9-11(20-12(17)14-9)21(18,19)15-10-5-7-16(8-6-10)13(2,3)4/h10,15H,5-8H2,1-4H3,(H,14,17). The molecule has 0 atom stereocenters. The first-order valence-corrected chi connectivity index (χ1v) is 9.36. The van der Waals surface area contributed by atoms with E-state index in [4.69, 9.17) is 0 Å². The van der Waals surface area contributed by atoms with E-state index < -0.39 is 10.0 Å². The van der Waals surface area contributed by atoms with Gasteiger partial charge >= 0.3 is 4.87 Å².